The van der Waals surface area contributed by atoms with Crippen LogP contribution in [-0.2, 0) is 6.54 Å². The normalized spacial score (nSPS) is 21.0. The van der Waals surface area contributed by atoms with Gasteiger partial charge in [-0.25, -0.2) is 4.98 Å². The van der Waals surface area contributed by atoms with Gasteiger partial charge in [-0.05, 0) is 32.9 Å². The van der Waals surface area contributed by atoms with E-state index in [0.29, 0.717) is 6.04 Å². The molecule has 4 nitrogen and oxygen atoms in total. The molecule has 0 radical (unpaired) electrons. The zero-order valence-electron chi connectivity index (χ0n) is 13.6. The molecule has 1 saturated heterocycles. The maximum atomic E-state index is 5.03. The number of likely N-dealkylation sites (N-methyl/N-ethyl adjacent to an activating group) is 1. The molecule has 0 amide bonds. The van der Waals surface area contributed by atoms with E-state index in [4.69, 9.17) is 4.98 Å². The maximum absolute atomic E-state index is 5.03. The Hall–Kier alpha value is -0.650. The van der Waals surface area contributed by atoms with Crippen molar-refractivity contribution < 1.29 is 0 Å². The van der Waals surface area contributed by atoms with E-state index in [0.717, 1.165) is 32.1 Å². The highest BCUT2D eigenvalue weighted by molar-refractivity contribution is 7.15. The topological polar surface area (TPSA) is 31.4 Å². The van der Waals surface area contributed by atoms with Gasteiger partial charge in [-0.1, -0.05) is 13.8 Å². The first-order valence-electron chi connectivity index (χ1n) is 8.30. The highest BCUT2D eigenvalue weighted by Crippen LogP contribution is 2.44. The summed E-state index contributed by atoms with van der Waals surface area (Å²) in [4.78, 5) is 11.4. The number of hydrogen-bond donors (Lipinski definition) is 1. The number of hydrogen-bond acceptors (Lipinski definition) is 5. The number of thiazole rings is 1. The number of nitrogens with zero attached hydrogens (tertiary/aromatic N) is 3. The van der Waals surface area contributed by atoms with Crippen molar-refractivity contribution in [3.8, 4) is 0 Å². The Labute approximate surface area is 132 Å². The summed E-state index contributed by atoms with van der Waals surface area (Å²) in [5.74, 6) is 0.744. The second kappa shape index (κ2) is 6.63. The lowest BCUT2D eigenvalue weighted by molar-refractivity contribution is 0.360. The molecule has 118 valence electrons. The van der Waals surface area contributed by atoms with Gasteiger partial charge >= 0.3 is 0 Å². The number of rotatable bonds is 5. The third kappa shape index (κ3) is 3.96. The van der Waals surface area contributed by atoms with Crippen LogP contribution in [0, 0.1) is 0 Å². The lowest BCUT2D eigenvalue weighted by atomic mass is 10.2. The molecule has 5 heteroatoms. The zero-order valence-corrected chi connectivity index (χ0v) is 14.4. The van der Waals surface area contributed by atoms with Crippen LogP contribution in [0.25, 0.3) is 0 Å². The van der Waals surface area contributed by atoms with E-state index in [2.05, 4.69) is 36.0 Å². The molecule has 1 aromatic heterocycles. The van der Waals surface area contributed by atoms with Gasteiger partial charge in [0.25, 0.3) is 0 Å². The summed E-state index contributed by atoms with van der Waals surface area (Å²) in [6, 6.07) is 0.537. The van der Waals surface area contributed by atoms with Crippen molar-refractivity contribution in [3.05, 3.63) is 10.6 Å². The monoisotopic (exact) mass is 308 g/mol. The largest absolute Gasteiger partial charge is 0.347 e. The third-order valence-electron chi connectivity index (χ3n) is 4.34. The second-order valence-electron chi connectivity index (χ2n) is 6.76. The smallest absolute Gasteiger partial charge is 0.185 e. The van der Waals surface area contributed by atoms with Gasteiger partial charge in [0.15, 0.2) is 5.13 Å². The average Bonchev–Trinajstić information content (AvgIpc) is 3.23. The Morgan fingerprint density at radius 1 is 1.24 bits per heavy atom. The van der Waals surface area contributed by atoms with Crippen molar-refractivity contribution in [2.24, 2.45) is 0 Å². The van der Waals surface area contributed by atoms with E-state index in [1.165, 1.54) is 41.5 Å². The minimum Gasteiger partial charge on any atom is -0.347 e. The van der Waals surface area contributed by atoms with Gasteiger partial charge in [0.05, 0.1) is 5.69 Å². The Kier molecular flexibility index (Phi) is 4.82. The molecule has 1 N–H and O–H groups in total. The van der Waals surface area contributed by atoms with Gasteiger partial charge in [0, 0.05) is 43.0 Å². The first-order valence-corrected chi connectivity index (χ1v) is 9.11. The molecule has 0 unspecified atom stereocenters. The predicted molar refractivity (Wildman–Crippen MR) is 90.4 cm³/mol. The molecule has 21 heavy (non-hydrogen) atoms. The zero-order chi connectivity index (χ0) is 14.8. The highest BCUT2D eigenvalue weighted by atomic mass is 32.1. The first kappa shape index (κ1) is 15.3. The van der Waals surface area contributed by atoms with Crippen LogP contribution in [0.2, 0.25) is 0 Å². The molecule has 1 aliphatic heterocycles. The highest BCUT2D eigenvalue weighted by Gasteiger charge is 2.30. The molecule has 2 fully saturated rings. The molecular weight excluding hydrogens is 280 g/mol. The summed E-state index contributed by atoms with van der Waals surface area (Å²) in [6.07, 6.45) is 3.91. The molecule has 0 aromatic carbocycles. The molecule has 2 aliphatic rings. The summed E-state index contributed by atoms with van der Waals surface area (Å²) in [6.45, 7) is 10.0. The fourth-order valence-electron chi connectivity index (χ4n) is 2.82. The molecule has 1 aliphatic carbocycles. The van der Waals surface area contributed by atoms with Crippen molar-refractivity contribution in [1.29, 1.82) is 0 Å². The van der Waals surface area contributed by atoms with E-state index < -0.39 is 0 Å². The van der Waals surface area contributed by atoms with Gasteiger partial charge in [0.1, 0.15) is 0 Å². The van der Waals surface area contributed by atoms with Crippen molar-refractivity contribution in [2.45, 2.75) is 51.6 Å². The summed E-state index contributed by atoms with van der Waals surface area (Å²) >= 11 is 1.92. The summed E-state index contributed by atoms with van der Waals surface area (Å²) in [7, 11) is 2.22. The predicted octanol–water partition coefficient (Wildman–Crippen LogP) is 2.66. The second-order valence-corrected chi connectivity index (χ2v) is 7.82. The van der Waals surface area contributed by atoms with Crippen LogP contribution >= 0.6 is 11.3 Å². The van der Waals surface area contributed by atoms with Gasteiger partial charge < -0.3 is 15.1 Å². The van der Waals surface area contributed by atoms with Crippen LogP contribution in [0.5, 0.6) is 0 Å². The lowest BCUT2D eigenvalue weighted by Crippen LogP contribution is -2.28. The minimum atomic E-state index is 0.537. The van der Waals surface area contributed by atoms with Crippen molar-refractivity contribution in [1.82, 2.24) is 15.2 Å². The summed E-state index contributed by atoms with van der Waals surface area (Å²) < 4.78 is 0. The van der Waals surface area contributed by atoms with Gasteiger partial charge in [0.2, 0.25) is 0 Å². The SMILES string of the molecule is CC(C)NCc1sc(N2CCCN(C)CC2)nc1C1CC1. The van der Waals surface area contributed by atoms with Crippen molar-refractivity contribution in [3.63, 3.8) is 0 Å². The fourth-order valence-corrected chi connectivity index (χ4v) is 3.97. The minimum absolute atomic E-state index is 0.537. The molecule has 0 atom stereocenters. The molecule has 2 heterocycles. The molecular formula is C16H28N4S. The van der Waals surface area contributed by atoms with Crippen LogP contribution in [0.15, 0.2) is 0 Å². The van der Waals surface area contributed by atoms with E-state index in [-0.39, 0.29) is 0 Å². The Morgan fingerprint density at radius 3 is 2.76 bits per heavy atom. The third-order valence-corrected chi connectivity index (χ3v) is 5.47. The Balaban J connectivity index is 1.74. The summed E-state index contributed by atoms with van der Waals surface area (Å²) in [5.41, 5.74) is 1.39. The lowest BCUT2D eigenvalue weighted by Gasteiger charge is -2.19. The van der Waals surface area contributed by atoms with Gasteiger partial charge in [-0.15, -0.1) is 11.3 Å². The Bertz CT molecular complexity index is 467. The fraction of sp³-hybridized carbons (Fsp3) is 0.812. The Morgan fingerprint density at radius 2 is 2.05 bits per heavy atom. The molecule has 1 saturated carbocycles. The van der Waals surface area contributed by atoms with Crippen molar-refractivity contribution in [2.75, 3.05) is 38.1 Å². The van der Waals surface area contributed by atoms with E-state index in [1.54, 1.807) is 0 Å². The van der Waals surface area contributed by atoms with Gasteiger partial charge in [-0.2, -0.15) is 0 Å². The number of aromatic nitrogens is 1. The maximum Gasteiger partial charge on any atom is 0.185 e. The average molecular weight is 308 g/mol. The van der Waals surface area contributed by atoms with E-state index in [9.17, 15) is 0 Å². The first-order chi connectivity index (χ1) is 10.1. The van der Waals surface area contributed by atoms with Crippen molar-refractivity contribution >= 4 is 16.5 Å². The van der Waals surface area contributed by atoms with Crippen LogP contribution in [0.1, 0.15) is 49.6 Å². The number of anilines is 1. The molecule has 1 aromatic rings. The van der Waals surface area contributed by atoms with Crippen LogP contribution in [0.4, 0.5) is 5.13 Å². The summed E-state index contributed by atoms with van der Waals surface area (Å²) in [5, 5.41) is 4.82. The number of nitrogens with one attached hydrogen (secondary N) is 1. The standard InChI is InChI=1S/C16H28N4S/c1-12(2)17-11-14-15(13-5-6-13)18-16(21-14)20-8-4-7-19(3)9-10-20/h12-13,17H,4-11H2,1-3H3. The van der Waals surface area contributed by atoms with Crippen LogP contribution in [-0.4, -0.2) is 49.2 Å². The molecule has 0 bridgehead atoms. The van der Waals surface area contributed by atoms with Crippen LogP contribution < -0.4 is 10.2 Å². The molecule has 3 rings (SSSR count). The van der Waals surface area contributed by atoms with Gasteiger partial charge in [-0.3, -0.25) is 0 Å². The quantitative estimate of drug-likeness (QED) is 0.906. The van der Waals surface area contributed by atoms with Crippen LogP contribution in [0.3, 0.4) is 0 Å². The molecule has 0 spiro atoms. The van der Waals surface area contributed by atoms with E-state index >= 15 is 0 Å². The van der Waals surface area contributed by atoms with E-state index in [1.807, 2.05) is 11.3 Å².